The Morgan fingerprint density at radius 1 is 0.298 bits per heavy atom. The van der Waals surface area contributed by atoms with Crippen molar-refractivity contribution in [2.75, 3.05) is 9.80 Å². The summed E-state index contributed by atoms with van der Waals surface area (Å²) in [5.74, 6) is 1.57. The van der Waals surface area contributed by atoms with Gasteiger partial charge in [0, 0.05) is 61.6 Å². The second-order valence-electron chi connectivity index (χ2n) is 33.8. The number of hydrogen-bond acceptors (Lipinski definition) is 6. The zero-order valence-corrected chi connectivity index (χ0v) is 62.5. The van der Waals surface area contributed by atoms with Crippen molar-refractivity contribution in [1.82, 2.24) is 19.5 Å². The summed E-state index contributed by atoms with van der Waals surface area (Å²) in [6, 6.07) is 98.7. The van der Waals surface area contributed by atoms with Crippen LogP contribution in [-0.4, -0.2) is 26.2 Å². The molecule has 0 radical (unpaired) electrons. The minimum absolute atomic E-state index is 0.0699. The number of fused-ring (bicyclic) bond motifs is 7. The van der Waals surface area contributed by atoms with Gasteiger partial charge in [-0.25, -0.2) is 15.0 Å². The van der Waals surface area contributed by atoms with E-state index in [-0.39, 0.29) is 33.8 Å². The molecule has 14 aromatic rings. The van der Waals surface area contributed by atoms with E-state index in [2.05, 4.69) is 312 Å². The molecule has 0 aliphatic carbocycles. The van der Waals surface area contributed by atoms with E-state index in [1.807, 2.05) is 72.8 Å². The zero-order valence-electron chi connectivity index (χ0n) is 62.5. The summed E-state index contributed by atoms with van der Waals surface area (Å²) < 4.78 is 2.35. The molecule has 0 unspecified atom stereocenters. The van der Waals surface area contributed by atoms with Gasteiger partial charge in [0.15, 0.2) is 17.5 Å². The Morgan fingerprint density at radius 3 is 1.11 bits per heavy atom. The molecule has 16 rings (SSSR count). The standard InChI is InChI=1S/C96H88BN7/c1-92(2,3)69-40-45-82-77(58-69)76-51-63(37-42-81(76)104(82)83-41-36-60(59-98)46-78(83)91-100-89(61-28-20-16-21-29-61)99-90(101-91)62-30-22-17-23-31-62)68-54-86-88-87(55-68)103(75-34-26-19-27-35-75)85-44-39-65(67-49-72(95(10,11)12)57-73(50-67)96(13,14)15)53-80(85)97(88)79-52-64(38-43-84(79)102(86)74-32-24-18-25-33-74)66-47-70(93(4,5)6)56-71(48-66)94(7,8)9/h16-58H,1-15H3. The van der Waals surface area contributed by atoms with Crippen molar-refractivity contribution in [3.8, 4) is 79.3 Å². The Balaban J connectivity index is 0.966. The number of aromatic nitrogens is 4. The fraction of sp³-hybridized carbons (Fsp3) is 0.208. The molecule has 7 nitrogen and oxygen atoms in total. The first-order valence-electron chi connectivity index (χ1n) is 36.6. The van der Waals surface area contributed by atoms with Crippen molar-refractivity contribution in [2.24, 2.45) is 0 Å². The predicted molar refractivity (Wildman–Crippen MR) is 439 cm³/mol. The average molecular weight is 1350 g/mol. The molecule has 0 bridgehead atoms. The number of para-hydroxylation sites is 2. The van der Waals surface area contributed by atoms with E-state index < -0.39 is 0 Å². The van der Waals surface area contributed by atoms with Crippen LogP contribution in [0, 0.1) is 11.3 Å². The number of nitriles is 1. The Labute approximate surface area is 614 Å². The summed E-state index contributed by atoms with van der Waals surface area (Å²) >= 11 is 0. The Morgan fingerprint density at radius 2 is 0.673 bits per heavy atom. The second-order valence-corrected chi connectivity index (χ2v) is 33.8. The maximum Gasteiger partial charge on any atom is 0.252 e. The molecule has 12 aromatic carbocycles. The molecule has 0 N–H and O–H groups in total. The molecule has 0 fully saturated rings. The fourth-order valence-electron chi connectivity index (χ4n) is 15.4. The molecular weight excluding hydrogens is 1260 g/mol. The lowest BCUT2D eigenvalue weighted by Gasteiger charge is -2.44. The van der Waals surface area contributed by atoms with E-state index in [4.69, 9.17) is 15.0 Å². The molecule has 4 heterocycles. The second kappa shape index (κ2) is 25.0. The molecule has 2 aliphatic heterocycles. The maximum atomic E-state index is 10.7. The van der Waals surface area contributed by atoms with Crippen LogP contribution in [0.1, 0.15) is 137 Å². The van der Waals surface area contributed by atoms with Crippen LogP contribution in [-0.2, 0) is 27.1 Å². The van der Waals surface area contributed by atoms with Gasteiger partial charge in [0.2, 0.25) is 0 Å². The van der Waals surface area contributed by atoms with E-state index in [0.29, 0.717) is 23.0 Å². The highest BCUT2D eigenvalue weighted by molar-refractivity contribution is 7.00. The van der Waals surface area contributed by atoms with Gasteiger partial charge >= 0.3 is 0 Å². The SMILES string of the molecule is CC(C)(C)c1cc(-c2ccc3c(c2)B2c4cc(-c5cc(C(C)(C)C)cc(C(C)(C)C)c5)ccc4N(c4ccccc4)c4cc(-c5ccc6c(c5)c5cc(C(C)(C)C)ccc5n6-c5ccc(C#N)cc5-c5nc(-c6ccccc6)nc(-c6ccccc6)n5)cc(c42)N3c2ccccc2)cc(C(C)(C)C)c1. The van der Waals surface area contributed by atoms with Gasteiger partial charge < -0.3 is 14.4 Å². The molecule has 0 atom stereocenters. The van der Waals surface area contributed by atoms with Gasteiger partial charge in [0.25, 0.3) is 6.71 Å². The molecule has 104 heavy (non-hydrogen) atoms. The topological polar surface area (TPSA) is 73.9 Å². The van der Waals surface area contributed by atoms with Gasteiger partial charge in [-0.2, -0.15) is 5.26 Å². The van der Waals surface area contributed by atoms with Crippen LogP contribution in [0.4, 0.5) is 34.1 Å². The van der Waals surface area contributed by atoms with Crippen LogP contribution < -0.4 is 26.2 Å². The number of nitrogens with zero attached hydrogens (tertiary/aromatic N) is 7. The quantitative estimate of drug-likeness (QED) is 0.134. The molecule has 510 valence electrons. The lowest BCUT2D eigenvalue weighted by molar-refractivity contribution is 0.568. The van der Waals surface area contributed by atoms with Gasteiger partial charge in [0.1, 0.15) is 0 Å². The van der Waals surface area contributed by atoms with Crippen molar-refractivity contribution in [3.63, 3.8) is 0 Å². The van der Waals surface area contributed by atoms with Crippen molar-refractivity contribution >= 4 is 79.0 Å². The smallest absolute Gasteiger partial charge is 0.252 e. The molecule has 0 spiro atoms. The molecular formula is C96H88BN7. The van der Waals surface area contributed by atoms with Crippen LogP contribution in [0.5, 0.6) is 0 Å². The van der Waals surface area contributed by atoms with Crippen molar-refractivity contribution in [3.05, 3.63) is 294 Å². The minimum atomic E-state index is -0.186. The molecule has 0 saturated heterocycles. The normalized spacial score (nSPS) is 13.1. The van der Waals surface area contributed by atoms with Crippen LogP contribution in [0.2, 0.25) is 0 Å². The summed E-state index contributed by atoms with van der Waals surface area (Å²) in [7, 11) is 0. The highest BCUT2D eigenvalue weighted by Crippen LogP contribution is 2.49. The van der Waals surface area contributed by atoms with E-state index >= 15 is 0 Å². The van der Waals surface area contributed by atoms with Gasteiger partial charge in [-0.3, -0.25) is 0 Å². The summed E-state index contributed by atoms with van der Waals surface area (Å²) in [4.78, 5) is 20.7. The highest BCUT2D eigenvalue weighted by Gasteiger charge is 2.44. The summed E-state index contributed by atoms with van der Waals surface area (Å²) in [5.41, 5.74) is 29.4. The highest BCUT2D eigenvalue weighted by atomic mass is 15.2. The van der Waals surface area contributed by atoms with Crippen LogP contribution >= 0.6 is 0 Å². The van der Waals surface area contributed by atoms with Gasteiger partial charge in [0.05, 0.1) is 28.4 Å². The van der Waals surface area contributed by atoms with Crippen LogP contribution in [0.25, 0.3) is 95.0 Å². The first kappa shape index (κ1) is 67.1. The lowest BCUT2D eigenvalue weighted by Crippen LogP contribution is -2.61. The third-order valence-electron chi connectivity index (χ3n) is 21.4. The molecule has 0 amide bonds. The Bertz CT molecular complexity index is 5460. The predicted octanol–water partition coefficient (Wildman–Crippen LogP) is 23.4. The Hall–Kier alpha value is -11.4. The van der Waals surface area contributed by atoms with Gasteiger partial charge in [-0.15, -0.1) is 0 Å². The minimum Gasteiger partial charge on any atom is -0.311 e. The number of hydrogen-bond donors (Lipinski definition) is 0. The van der Waals surface area contributed by atoms with E-state index in [0.717, 1.165) is 89.4 Å². The third-order valence-corrected chi connectivity index (χ3v) is 21.4. The van der Waals surface area contributed by atoms with Crippen molar-refractivity contribution < 1.29 is 0 Å². The monoisotopic (exact) mass is 1350 g/mol. The molecule has 2 aliphatic rings. The molecule has 8 heteroatoms. The maximum absolute atomic E-state index is 10.7. The largest absolute Gasteiger partial charge is 0.311 e. The van der Waals surface area contributed by atoms with Gasteiger partial charge in [-0.1, -0.05) is 274 Å². The number of rotatable bonds is 9. The van der Waals surface area contributed by atoms with Crippen LogP contribution in [0.15, 0.2) is 261 Å². The third kappa shape index (κ3) is 12.1. The lowest BCUT2D eigenvalue weighted by atomic mass is 9.33. The Kier molecular flexibility index (Phi) is 16.1. The van der Waals surface area contributed by atoms with Crippen molar-refractivity contribution in [1.29, 1.82) is 5.26 Å². The first-order chi connectivity index (χ1) is 49.6. The zero-order chi connectivity index (χ0) is 72.5. The number of benzene rings is 12. The molecule has 2 aromatic heterocycles. The summed E-state index contributed by atoms with van der Waals surface area (Å²) in [5, 5.41) is 12.9. The van der Waals surface area contributed by atoms with Crippen molar-refractivity contribution in [2.45, 2.75) is 131 Å². The number of anilines is 6. The summed E-state index contributed by atoms with van der Waals surface area (Å²) in [6.45, 7) is 34.7. The average Bonchev–Trinajstić information content (AvgIpc) is 0.775. The van der Waals surface area contributed by atoms with Gasteiger partial charge in [-0.05, 0) is 196 Å². The first-order valence-corrected chi connectivity index (χ1v) is 36.6. The fourth-order valence-corrected chi connectivity index (χ4v) is 15.4. The molecule has 0 saturated carbocycles. The van der Waals surface area contributed by atoms with E-state index in [9.17, 15) is 5.26 Å². The van der Waals surface area contributed by atoms with Crippen LogP contribution in [0.3, 0.4) is 0 Å². The van der Waals surface area contributed by atoms with E-state index in [1.54, 1.807) is 0 Å². The van der Waals surface area contributed by atoms with E-state index in [1.165, 1.54) is 66.5 Å². The summed E-state index contributed by atoms with van der Waals surface area (Å²) in [6.07, 6.45) is 0.